The number of benzene rings is 2. The summed E-state index contributed by atoms with van der Waals surface area (Å²) >= 11 is 6.16. The molecule has 3 amide bonds. The third-order valence-corrected chi connectivity index (χ3v) is 5.39. The number of carbonyl (C=O) groups excluding carboxylic acids is 2. The van der Waals surface area contributed by atoms with E-state index in [0.29, 0.717) is 29.4 Å². The summed E-state index contributed by atoms with van der Waals surface area (Å²) in [6.07, 6.45) is 1.57. The van der Waals surface area contributed by atoms with Crippen molar-refractivity contribution in [2.45, 2.75) is 19.0 Å². The van der Waals surface area contributed by atoms with Gasteiger partial charge in [-0.1, -0.05) is 35.9 Å². The second-order valence-electron chi connectivity index (χ2n) is 6.67. The van der Waals surface area contributed by atoms with E-state index < -0.39 is 22.1 Å². The molecule has 1 heterocycles. The number of urea groups is 1. The number of para-hydroxylation sites is 1. The number of nitrogens with zero attached hydrogens (tertiary/aromatic N) is 1. The lowest BCUT2D eigenvalue weighted by atomic mass is 10.2. The molecule has 29 heavy (non-hydrogen) atoms. The maximum Gasteiger partial charge on any atom is 0.319 e. The van der Waals surface area contributed by atoms with E-state index in [2.05, 4.69) is 15.4 Å². The molecule has 3 N–H and O–H groups in total. The summed E-state index contributed by atoms with van der Waals surface area (Å²) in [5, 5.41) is 5.83. The van der Waals surface area contributed by atoms with Crippen LogP contribution in [0.5, 0.6) is 0 Å². The molecule has 0 spiro atoms. The summed E-state index contributed by atoms with van der Waals surface area (Å²) in [7, 11) is -3.27. The minimum Gasteiger partial charge on any atom is -0.326 e. The van der Waals surface area contributed by atoms with Crippen molar-refractivity contribution in [3.8, 4) is 0 Å². The third-order valence-electron chi connectivity index (χ3n) is 4.40. The molecule has 1 fully saturated rings. The summed E-state index contributed by atoms with van der Waals surface area (Å²) in [6, 6.07) is 12.7. The number of anilines is 2. The van der Waals surface area contributed by atoms with Crippen LogP contribution in [0.25, 0.3) is 0 Å². The van der Waals surface area contributed by atoms with Gasteiger partial charge < -0.3 is 15.5 Å². The van der Waals surface area contributed by atoms with Crippen LogP contribution in [0.1, 0.15) is 12.0 Å². The molecule has 0 bridgehead atoms. The Bertz CT molecular complexity index is 1010. The summed E-state index contributed by atoms with van der Waals surface area (Å²) < 4.78 is 24.6. The molecule has 10 heteroatoms. The van der Waals surface area contributed by atoms with Crippen LogP contribution in [-0.4, -0.2) is 39.2 Å². The first-order valence-electron chi connectivity index (χ1n) is 8.90. The summed E-state index contributed by atoms with van der Waals surface area (Å²) in [4.78, 5) is 26.4. The van der Waals surface area contributed by atoms with Gasteiger partial charge in [0, 0.05) is 18.8 Å². The van der Waals surface area contributed by atoms with Crippen molar-refractivity contribution in [1.82, 2.24) is 10.0 Å². The average molecular weight is 437 g/mol. The predicted molar refractivity (Wildman–Crippen MR) is 112 cm³/mol. The van der Waals surface area contributed by atoms with Gasteiger partial charge in [0.25, 0.3) is 0 Å². The van der Waals surface area contributed by atoms with Crippen LogP contribution in [0.15, 0.2) is 48.5 Å². The van der Waals surface area contributed by atoms with E-state index in [1.807, 2.05) is 0 Å². The quantitative estimate of drug-likeness (QED) is 0.645. The van der Waals surface area contributed by atoms with Crippen LogP contribution < -0.4 is 20.3 Å². The van der Waals surface area contributed by atoms with Crippen LogP contribution in [0.2, 0.25) is 5.02 Å². The Morgan fingerprint density at radius 1 is 1.17 bits per heavy atom. The molecule has 2 aromatic rings. The van der Waals surface area contributed by atoms with E-state index in [1.54, 1.807) is 53.4 Å². The molecule has 0 saturated carbocycles. The van der Waals surface area contributed by atoms with Gasteiger partial charge in [0.2, 0.25) is 15.9 Å². The zero-order chi connectivity index (χ0) is 21.0. The molecular weight excluding hydrogens is 416 g/mol. The van der Waals surface area contributed by atoms with Crippen molar-refractivity contribution in [2.24, 2.45) is 0 Å². The zero-order valence-corrected chi connectivity index (χ0v) is 17.3. The molecule has 0 aliphatic carbocycles. The van der Waals surface area contributed by atoms with Gasteiger partial charge in [-0.05, 0) is 36.2 Å². The molecule has 154 valence electrons. The number of carbonyl (C=O) groups is 2. The lowest BCUT2D eigenvalue weighted by molar-refractivity contribution is -0.118. The van der Waals surface area contributed by atoms with Gasteiger partial charge in [-0.3, -0.25) is 4.79 Å². The molecule has 1 atom stereocenters. The fourth-order valence-electron chi connectivity index (χ4n) is 2.97. The molecule has 8 nitrogen and oxygen atoms in total. The number of sulfonamides is 1. The normalized spacial score (nSPS) is 16.7. The van der Waals surface area contributed by atoms with Crippen LogP contribution in [0, 0.1) is 0 Å². The van der Waals surface area contributed by atoms with Crippen LogP contribution in [-0.2, 0) is 21.4 Å². The first kappa shape index (κ1) is 21.1. The maximum absolute atomic E-state index is 12.6. The van der Waals surface area contributed by atoms with Gasteiger partial charge in [0.15, 0.2) is 0 Å². The maximum atomic E-state index is 12.6. The monoisotopic (exact) mass is 436 g/mol. The number of hydrogen-bond donors (Lipinski definition) is 3. The van der Waals surface area contributed by atoms with Gasteiger partial charge in [0.1, 0.15) is 6.04 Å². The zero-order valence-electron chi connectivity index (χ0n) is 15.7. The average Bonchev–Trinajstić information content (AvgIpc) is 3.01. The van der Waals surface area contributed by atoms with Crippen LogP contribution in [0.3, 0.4) is 0 Å². The molecule has 0 aromatic heterocycles. The van der Waals surface area contributed by atoms with E-state index in [1.165, 1.54) is 0 Å². The second-order valence-corrected chi connectivity index (χ2v) is 8.91. The van der Waals surface area contributed by atoms with E-state index in [0.717, 1.165) is 11.8 Å². The Kier molecular flexibility index (Phi) is 6.41. The standard InChI is InChI=1S/C19H21ClN4O4S/c1-29(27,28)21-12-13-6-8-14(9-7-13)22-19(26)23-16-10-11-24(18(16)25)17-5-3-2-4-15(17)20/h2-9,16,21H,10-12H2,1H3,(H2,22,23,26). The predicted octanol–water partition coefficient (Wildman–Crippen LogP) is 2.32. The third kappa shape index (κ3) is 5.69. The topological polar surface area (TPSA) is 108 Å². The summed E-state index contributed by atoms with van der Waals surface area (Å²) in [5.41, 5.74) is 1.91. The largest absolute Gasteiger partial charge is 0.326 e. The van der Waals surface area contributed by atoms with Crippen LogP contribution in [0.4, 0.5) is 16.2 Å². The van der Waals surface area contributed by atoms with Gasteiger partial charge >= 0.3 is 6.03 Å². The van der Waals surface area contributed by atoms with Crippen molar-refractivity contribution < 1.29 is 18.0 Å². The molecular formula is C19H21ClN4O4S. The Hall–Kier alpha value is -2.62. The second kappa shape index (κ2) is 8.81. The van der Waals surface area contributed by atoms with Crippen molar-refractivity contribution in [3.63, 3.8) is 0 Å². The molecule has 1 aliphatic heterocycles. The highest BCUT2D eigenvalue weighted by Gasteiger charge is 2.34. The molecule has 1 aliphatic rings. The minimum absolute atomic E-state index is 0.166. The number of halogens is 1. The Morgan fingerprint density at radius 3 is 2.52 bits per heavy atom. The number of amides is 3. The fourth-order valence-corrected chi connectivity index (χ4v) is 3.64. The molecule has 3 rings (SSSR count). The number of hydrogen-bond acceptors (Lipinski definition) is 4. The van der Waals surface area contributed by atoms with E-state index >= 15 is 0 Å². The molecule has 2 aromatic carbocycles. The number of rotatable bonds is 6. The molecule has 0 radical (unpaired) electrons. The lowest BCUT2D eigenvalue weighted by Crippen LogP contribution is -2.43. The highest BCUT2D eigenvalue weighted by Crippen LogP contribution is 2.29. The smallest absolute Gasteiger partial charge is 0.319 e. The molecule has 1 unspecified atom stereocenters. The van der Waals surface area contributed by atoms with Crippen LogP contribution >= 0.6 is 11.6 Å². The summed E-state index contributed by atoms with van der Waals surface area (Å²) in [5.74, 6) is -0.213. The highest BCUT2D eigenvalue weighted by atomic mass is 35.5. The minimum atomic E-state index is -3.27. The van der Waals surface area contributed by atoms with Gasteiger partial charge in [-0.2, -0.15) is 0 Å². The first-order valence-corrected chi connectivity index (χ1v) is 11.2. The SMILES string of the molecule is CS(=O)(=O)NCc1ccc(NC(=O)NC2CCN(c3ccccc3Cl)C2=O)cc1. The summed E-state index contributed by atoms with van der Waals surface area (Å²) in [6.45, 7) is 0.634. The fraction of sp³-hybridized carbons (Fsp3) is 0.263. The van der Waals surface area contributed by atoms with E-state index in [4.69, 9.17) is 11.6 Å². The van der Waals surface area contributed by atoms with Crippen molar-refractivity contribution in [3.05, 3.63) is 59.1 Å². The molecule has 1 saturated heterocycles. The van der Waals surface area contributed by atoms with E-state index in [-0.39, 0.29) is 12.5 Å². The first-order chi connectivity index (χ1) is 13.7. The number of nitrogens with one attached hydrogen (secondary N) is 3. The van der Waals surface area contributed by atoms with Gasteiger partial charge in [0.05, 0.1) is 17.0 Å². The highest BCUT2D eigenvalue weighted by molar-refractivity contribution is 7.88. The van der Waals surface area contributed by atoms with E-state index in [9.17, 15) is 18.0 Å². The van der Waals surface area contributed by atoms with Gasteiger partial charge in [-0.15, -0.1) is 0 Å². The Balaban J connectivity index is 1.54. The van der Waals surface area contributed by atoms with Crippen molar-refractivity contribution in [2.75, 3.05) is 23.0 Å². The van der Waals surface area contributed by atoms with Gasteiger partial charge in [-0.25, -0.2) is 17.9 Å². The van der Waals surface area contributed by atoms with Crippen molar-refractivity contribution in [1.29, 1.82) is 0 Å². The Labute approximate surface area is 174 Å². The lowest BCUT2D eigenvalue weighted by Gasteiger charge is -2.18. The Morgan fingerprint density at radius 2 is 1.86 bits per heavy atom. The van der Waals surface area contributed by atoms with Crippen molar-refractivity contribution >= 4 is 44.9 Å².